The van der Waals surface area contributed by atoms with Gasteiger partial charge in [0.15, 0.2) is 0 Å². The fraction of sp³-hybridized carbons (Fsp3) is 0.643. The van der Waals surface area contributed by atoms with Crippen molar-refractivity contribution in [2.75, 3.05) is 32.8 Å². The van der Waals surface area contributed by atoms with Crippen molar-refractivity contribution < 1.29 is 23.0 Å². The highest BCUT2D eigenvalue weighted by atomic mass is 19.4. The van der Waals surface area contributed by atoms with E-state index in [4.69, 9.17) is 4.74 Å². The van der Waals surface area contributed by atoms with Crippen molar-refractivity contribution in [3.8, 4) is 0 Å². The maximum Gasteiger partial charge on any atom is 0.416 e. The fourth-order valence-corrected chi connectivity index (χ4v) is 6.73. The SMILES string of the molecule is CC(O)/C=C/C1(CCN2CC[C@@H]3Cc4[nH]c5ccc(C(F)(F)F)cc5c4[C@H](C)[C@H]3C2)CCOCC1. The van der Waals surface area contributed by atoms with E-state index in [1.54, 1.807) is 13.0 Å². The maximum atomic E-state index is 13.4. The number of hydrogen-bond donors (Lipinski definition) is 2. The minimum Gasteiger partial charge on any atom is -0.389 e. The molecule has 1 unspecified atom stereocenters. The van der Waals surface area contributed by atoms with Crippen LogP contribution in [-0.2, 0) is 17.3 Å². The van der Waals surface area contributed by atoms with Crippen LogP contribution in [0.3, 0.4) is 0 Å². The number of allylic oxidation sites excluding steroid dienone is 1. The molecule has 0 spiro atoms. The number of nitrogens with zero attached hydrogens (tertiary/aromatic N) is 1. The molecule has 1 aromatic heterocycles. The summed E-state index contributed by atoms with van der Waals surface area (Å²) in [5, 5.41) is 10.5. The predicted molar refractivity (Wildman–Crippen MR) is 131 cm³/mol. The molecule has 2 N–H and O–H groups in total. The number of aromatic nitrogens is 1. The molecule has 7 heteroatoms. The Morgan fingerprint density at radius 3 is 2.77 bits per heavy atom. The van der Waals surface area contributed by atoms with E-state index in [9.17, 15) is 18.3 Å². The highest BCUT2D eigenvalue weighted by molar-refractivity contribution is 5.86. The molecule has 192 valence electrons. The molecular formula is C28H37F3N2O2. The number of ether oxygens (including phenoxy) is 1. The number of fused-ring (bicyclic) bond motifs is 4. The number of aliphatic hydroxyl groups is 1. The van der Waals surface area contributed by atoms with Crippen molar-refractivity contribution >= 4 is 10.9 Å². The lowest BCUT2D eigenvalue weighted by molar-refractivity contribution is -0.137. The molecule has 4 nitrogen and oxygen atoms in total. The van der Waals surface area contributed by atoms with Crippen LogP contribution in [0.4, 0.5) is 13.2 Å². The molecule has 0 saturated carbocycles. The molecular weight excluding hydrogens is 453 g/mol. The zero-order valence-corrected chi connectivity index (χ0v) is 20.7. The Kier molecular flexibility index (Phi) is 6.79. The average Bonchev–Trinajstić information content (AvgIpc) is 3.20. The number of benzene rings is 1. The van der Waals surface area contributed by atoms with E-state index in [1.165, 1.54) is 12.1 Å². The summed E-state index contributed by atoms with van der Waals surface area (Å²) in [7, 11) is 0. The summed E-state index contributed by atoms with van der Waals surface area (Å²) in [6.07, 6.45) is 4.39. The lowest BCUT2D eigenvalue weighted by atomic mass is 9.68. The van der Waals surface area contributed by atoms with E-state index in [-0.39, 0.29) is 11.3 Å². The van der Waals surface area contributed by atoms with E-state index in [1.807, 2.05) is 6.08 Å². The molecule has 2 aliphatic heterocycles. The lowest BCUT2D eigenvalue weighted by Crippen LogP contribution is -2.46. The van der Waals surface area contributed by atoms with Crippen LogP contribution in [-0.4, -0.2) is 53.9 Å². The third-order valence-electron chi connectivity index (χ3n) is 8.85. The second-order valence-electron chi connectivity index (χ2n) is 11.1. The van der Waals surface area contributed by atoms with Gasteiger partial charge in [0.1, 0.15) is 0 Å². The Hall–Kier alpha value is -1.83. The summed E-state index contributed by atoms with van der Waals surface area (Å²) in [5.74, 6) is 1.23. The molecule has 3 aliphatic rings. The summed E-state index contributed by atoms with van der Waals surface area (Å²) in [6.45, 7) is 8.56. The first-order valence-corrected chi connectivity index (χ1v) is 13.0. The molecule has 1 aromatic carbocycles. The first-order chi connectivity index (χ1) is 16.7. The van der Waals surface area contributed by atoms with E-state index in [2.05, 4.69) is 22.9 Å². The van der Waals surface area contributed by atoms with Crippen LogP contribution < -0.4 is 0 Å². The third kappa shape index (κ3) is 5.05. The quantitative estimate of drug-likeness (QED) is 0.513. The number of halogens is 3. The third-order valence-corrected chi connectivity index (χ3v) is 8.85. The van der Waals surface area contributed by atoms with Crippen molar-refractivity contribution in [3.05, 3.63) is 47.2 Å². The Labute approximate surface area is 205 Å². The summed E-state index contributed by atoms with van der Waals surface area (Å²) in [5.41, 5.74) is 2.54. The Balaban J connectivity index is 1.32. The molecule has 2 aromatic rings. The van der Waals surface area contributed by atoms with Crippen molar-refractivity contribution in [1.29, 1.82) is 0 Å². The van der Waals surface area contributed by atoms with Crippen LogP contribution in [0.2, 0.25) is 0 Å². The first-order valence-electron chi connectivity index (χ1n) is 13.0. The first kappa shape index (κ1) is 24.8. The van der Waals surface area contributed by atoms with Crippen molar-refractivity contribution in [3.63, 3.8) is 0 Å². The molecule has 5 rings (SSSR count). The predicted octanol–water partition coefficient (Wildman–Crippen LogP) is 5.91. The van der Waals surface area contributed by atoms with Crippen LogP contribution in [0.25, 0.3) is 10.9 Å². The minimum absolute atomic E-state index is 0.0717. The van der Waals surface area contributed by atoms with Crippen molar-refractivity contribution in [2.45, 2.75) is 64.1 Å². The van der Waals surface area contributed by atoms with Gasteiger partial charge in [0.25, 0.3) is 0 Å². The number of aromatic amines is 1. The van der Waals surface area contributed by atoms with E-state index in [0.717, 1.165) is 87.1 Å². The van der Waals surface area contributed by atoms with Gasteiger partial charge < -0.3 is 19.7 Å². The molecule has 1 aliphatic carbocycles. The van der Waals surface area contributed by atoms with Gasteiger partial charge in [0, 0.05) is 36.4 Å². The number of aliphatic hydroxyl groups excluding tert-OH is 1. The summed E-state index contributed by atoms with van der Waals surface area (Å²) < 4.78 is 45.8. The Bertz CT molecular complexity index is 1070. The topological polar surface area (TPSA) is 48.5 Å². The van der Waals surface area contributed by atoms with Gasteiger partial charge in [-0.15, -0.1) is 0 Å². The highest BCUT2D eigenvalue weighted by Gasteiger charge is 2.41. The zero-order chi connectivity index (χ0) is 24.8. The largest absolute Gasteiger partial charge is 0.416 e. The van der Waals surface area contributed by atoms with Gasteiger partial charge in [-0.1, -0.05) is 19.1 Å². The number of alkyl halides is 3. The molecule has 3 heterocycles. The normalized spacial score (nSPS) is 28.2. The van der Waals surface area contributed by atoms with Crippen molar-refractivity contribution in [1.82, 2.24) is 9.88 Å². The average molecular weight is 491 g/mol. The van der Waals surface area contributed by atoms with Crippen LogP contribution >= 0.6 is 0 Å². The molecule has 0 radical (unpaired) electrons. The van der Waals surface area contributed by atoms with E-state index in [0.29, 0.717) is 11.8 Å². The van der Waals surface area contributed by atoms with Gasteiger partial charge in [-0.2, -0.15) is 13.2 Å². The van der Waals surface area contributed by atoms with Crippen LogP contribution in [0, 0.1) is 17.3 Å². The van der Waals surface area contributed by atoms with Crippen LogP contribution in [0.1, 0.15) is 62.3 Å². The van der Waals surface area contributed by atoms with Gasteiger partial charge >= 0.3 is 6.18 Å². The van der Waals surface area contributed by atoms with Crippen molar-refractivity contribution in [2.24, 2.45) is 17.3 Å². The van der Waals surface area contributed by atoms with Gasteiger partial charge in [0.05, 0.1) is 11.7 Å². The number of H-pyrrole nitrogens is 1. The number of nitrogens with one attached hydrogen (secondary N) is 1. The Morgan fingerprint density at radius 2 is 2.06 bits per heavy atom. The van der Waals surface area contributed by atoms with Crippen LogP contribution in [0.15, 0.2) is 30.4 Å². The summed E-state index contributed by atoms with van der Waals surface area (Å²) in [4.78, 5) is 6.01. The molecule has 4 atom stereocenters. The zero-order valence-electron chi connectivity index (χ0n) is 20.7. The van der Waals surface area contributed by atoms with Gasteiger partial charge in [0.2, 0.25) is 0 Å². The number of hydrogen-bond acceptors (Lipinski definition) is 3. The molecule has 0 amide bonds. The monoisotopic (exact) mass is 490 g/mol. The van der Waals surface area contributed by atoms with Crippen LogP contribution in [0.5, 0.6) is 0 Å². The van der Waals surface area contributed by atoms with Gasteiger partial charge in [-0.25, -0.2) is 0 Å². The standard InChI is InChI=1S/C28H37F3N2O2/c1-18(34)5-7-27(9-13-35-14-10-27)8-12-33-11-6-20-15-25-26(19(2)23(20)17-33)22-16-21(28(29,30)31)3-4-24(22)32-25/h3-5,7,16,18-20,23,32,34H,6,8-15,17H2,1-2H3/b7-5+/t18?,19-,20-,23-/m1/s1. The lowest BCUT2D eigenvalue weighted by Gasteiger charge is -2.45. The smallest absolute Gasteiger partial charge is 0.389 e. The molecule has 2 saturated heterocycles. The maximum absolute atomic E-state index is 13.4. The molecule has 0 bridgehead atoms. The fourth-order valence-electron chi connectivity index (χ4n) is 6.73. The van der Waals surface area contributed by atoms with Gasteiger partial charge in [-0.3, -0.25) is 0 Å². The van der Waals surface area contributed by atoms with E-state index >= 15 is 0 Å². The number of piperidine rings is 1. The number of likely N-dealkylation sites (tertiary alicyclic amines) is 1. The number of rotatable bonds is 5. The van der Waals surface area contributed by atoms with E-state index < -0.39 is 17.8 Å². The molecule has 2 fully saturated rings. The van der Waals surface area contributed by atoms with Gasteiger partial charge in [-0.05, 0) is 99.0 Å². The highest BCUT2D eigenvalue weighted by Crippen LogP contribution is 2.47. The minimum atomic E-state index is -4.33. The second kappa shape index (κ2) is 9.56. The molecule has 35 heavy (non-hydrogen) atoms. The Morgan fingerprint density at radius 1 is 1.29 bits per heavy atom. The summed E-state index contributed by atoms with van der Waals surface area (Å²) in [6, 6.07) is 4.11. The summed E-state index contributed by atoms with van der Waals surface area (Å²) >= 11 is 0. The second-order valence-corrected chi connectivity index (χ2v) is 11.1.